The van der Waals surface area contributed by atoms with Crippen molar-refractivity contribution >= 4 is 21.7 Å². The number of rotatable bonds is 3. The van der Waals surface area contributed by atoms with Gasteiger partial charge in [-0.1, -0.05) is 24.6 Å². The number of allylic oxidation sites excluding steroid dienone is 1. The normalized spacial score (nSPS) is 35.8. The summed E-state index contributed by atoms with van der Waals surface area (Å²) in [6.07, 6.45) is 6.99. The zero-order valence-corrected chi connectivity index (χ0v) is 19.6. The van der Waals surface area contributed by atoms with Crippen LogP contribution in [0.1, 0.15) is 63.4 Å². The van der Waals surface area contributed by atoms with Gasteiger partial charge in [0.25, 0.3) is 0 Å². The molecule has 0 heterocycles. The van der Waals surface area contributed by atoms with E-state index in [1.54, 1.807) is 18.2 Å². The minimum atomic E-state index is -5.74. The summed E-state index contributed by atoms with van der Waals surface area (Å²) in [5, 5.41) is 0. The molecule has 6 atom stereocenters. The quantitative estimate of drug-likeness (QED) is 0.418. The molecule has 3 saturated carbocycles. The molecule has 0 unspecified atom stereocenters. The predicted molar refractivity (Wildman–Crippen MR) is 117 cm³/mol. The summed E-state index contributed by atoms with van der Waals surface area (Å²) < 4.78 is 65.1. The summed E-state index contributed by atoms with van der Waals surface area (Å²) in [7, 11) is -5.74. The fraction of sp³-hybridized carbons (Fsp3) is 0.600. The van der Waals surface area contributed by atoms with Gasteiger partial charge in [0.2, 0.25) is 0 Å². The maximum atomic E-state index is 13.0. The van der Waals surface area contributed by atoms with Gasteiger partial charge in [0.15, 0.2) is 5.78 Å². The van der Waals surface area contributed by atoms with Crippen LogP contribution in [0.4, 0.5) is 13.2 Å². The molecule has 0 spiro atoms. The van der Waals surface area contributed by atoms with Crippen LogP contribution in [0.25, 0.3) is 0 Å². The van der Waals surface area contributed by atoms with Crippen molar-refractivity contribution in [3.8, 4) is 5.75 Å². The molecule has 4 aliphatic carbocycles. The summed E-state index contributed by atoms with van der Waals surface area (Å²) in [5.74, 6) is 1.16. The number of Topliss-reactive ketones (excluding diaryl/α,β-unsaturated/α-hetero) is 1. The highest BCUT2D eigenvalue weighted by Crippen LogP contribution is 2.64. The van der Waals surface area contributed by atoms with Gasteiger partial charge in [0, 0.05) is 18.3 Å². The van der Waals surface area contributed by atoms with E-state index < -0.39 is 26.8 Å². The molecule has 34 heavy (non-hydrogen) atoms. The maximum absolute atomic E-state index is 13.0. The topological polar surface area (TPSA) is 77.5 Å². The summed E-state index contributed by atoms with van der Waals surface area (Å²) in [6, 6.07) is 5.75. The van der Waals surface area contributed by atoms with Gasteiger partial charge in [-0.05, 0) is 85.5 Å². The SMILES string of the molecule is C[C@]12C[C@H](c3ccc(OS(=O)(=O)C(F)(F)F)cc3)[C@H]3[C@@H](CCC4=CC(=O)CC[C@@H]43)[C@@H]1CCC2=O. The van der Waals surface area contributed by atoms with Gasteiger partial charge in [-0.2, -0.15) is 21.6 Å². The summed E-state index contributed by atoms with van der Waals surface area (Å²) in [6.45, 7) is 2.05. The molecule has 0 amide bonds. The number of fused-ring (bicyclic) bond motifs is 5. The third-order valence-electron chi connectivity index (χ3n) is 8.81. The highest BCUT2D eigenvalue weighted by Gasteiger charge is 2.59. The van der Waals surface area contributed by atoms with Crippen molar-refractivity contribution in [3.63, 3.8) is 0 Å². The molecule has 0 N–H and O–H groups in total. The Labute approximate surface area is 196 Å². The predicted octanol–water partition coefficient (Wildman–Crippen LogP) is 5.32. The van der Waals surface area contributed by atoms with Crippen molar-refractivity contribution in [2.45, 2.75) is 63.3 Å². The zero-order valence-electron chi connectivity index (χ0n) is 18.8. The Balaban J connectivity index is 1.50. The van der Waals surface area contributed by atoms with E-state index in [4.69, 9.17) is 0 Å². The van der Waals surface area contributed by atoms with E-state index >= 15 is 0 Å². The number of hydrogen-bond donors (Lipinski definition) is 0. The number of alkyl halides is 3. The molecular formula is C25H27F3O5S. The van der Waals surface area contributed by atoms with Gasteiger partial charge in [0.1, 0.15) is 11.5 Å². The zero-order chi connectivity index (χ0) is 24.5. The lowest BCUT2D eigenvalue weighted by atomic mass is 9.48. The Morgan fingerprint density at radius 2 is 1.68 bits per heavy atom. The standard InChI is InChI=1S/C25H27F3O5S/c1-24-13-20(14-2-6-17(7-3-14)33-34(31,32)25(26,27)28)23-18-9-5-16(29)12-15(18)4-8-19(23)21(24)10-11-22(24)30/h2-3,6-7,12,18-21,23H,4-5,8-11,13H2,1H3/t18-,19-,20+,21-,23+,24-/m0/s1. The van der Waals surface area contributed by atoms with Gasteiger partial charge < -0.3 is 4.18 Å². The van der Waals surface area contributed by atoms with E-state index in [0.29, 0.717) is 31.1 Å². The van der Waals surface area contributed by atoms with Crippen LogP contribution in [0, 0.1) is 29.1 Å². The third-order valence-corrected chi connectivity index (χ3v) is 9.79. The molecule has 1 aromatic carbocycles. The summed E-state index contributed by atoms with van der Waals surface area (Å²) in [4.78, 5) is 25.0. The van der Waals surface area contributed by atoms with Crippen molar-refractivity contribution in [3.05, 3.63) is 41.5 Å². The van der Waals surface area contributed by atoms with E-state index in [1.807, 2.05) is 0 Å². The van der Waals surface area contributed by atoms with E-state index in [9.17, 15) is 31.2 Å². The van der Waals surface area contributed by atoms with Crippen molar-refractivity contribution in [1.82, 2.24) is 0 Å². The molecule has 0 aliphatic heterocycles. The Kier molecular flexibility index (Phi) is 5.50. The van der Waals surface area contributed by atoms with E-state index in [2.05, 4.69) is 11.1 Å². The third kappa shape index (κ3) is 3.71. The number of hydrogen-bond acceptors (Lipinski definition) is 5. The highest BCUT2D eigenvalue weighted by atomic mass is 32.2. The monoisotopic (exact) mass is 496 g/mol. The minimum absolute atomic E-state index is 0.0107. The lowest BCUT2D eigenvalue weighted by Gasteiger charge is -2.55. The molecule has 0 aromatic heterocycles. The molecule has 0 saturated heterocycles. The molecule has 3 fully saturated rings. The maximum Gasteiger partial charge on any atom is 0.534 e. The van der Waals surface area contributed by atoms with Crippen LogP contribution < -0.4 is 4.18 Å². The molecule has 5 nitrogen and oxygen atoms in total. The lowest BCUT2D eigenvalue weighted by Crippen LogP contribution is -2.50. The van der Waals surface area contributed by atoms with Crippen molar-refractivity contribution in [1.29, 1.82) is 0 Å². The minimum Gasteiger partial charge on any atom is -0.376 e. The molecule has 5 rings (SSSR count). The van der Waals surface area contributed by atoms with Crippen LogP contribution in [-0.4, -0.2) is 25.5 Å². The first-order chi connectivity index (χ1) is 15.9. The average Bonchev–Trinajstić information content (AvgIpc) is 3.06. The number of ketones is 2. The second-order valence-electron chi connectivity index (χ2n) is 10.5. The highest BCUT2D eigenvalue weighted by molar-refractivity contribution is 7.88. The van der Waals surface area contributed by atoms with Crippen molar-refractivity contribution in [2.75, 3.05) is 0 Å². The first kappa shape index (κ1) is 23.6. The fourth-order valence-electron chi connectivity index (χ4n) is 7.37. The van der Waals surface area contributed by atoms with Crippen LogP contribution in [0.2, 0.25) is 0 Å². The van der Waals surface area contributed by atoms with Crippen LogP contribution in [0.15, 0.2) is 35.9 Å². The first-order valence-corrected chi connectivity index (χ1v) is 13.2. The molecular weight excluding hydrogens is 469 g/mol. The number of carbonyl (C=O) groups is 2. The Morgan fingerprint density at radius 3 is 2.35 bits per heavy atom. The van der Waals surface area contributed by atoms with Gasteiger partial charge in [-0.3, -0.25) is 9.59 Å². The summed E-state index contributed by atoms with van der Waals surface area (Å²) in [5.41, 5.74) is -3.89. The number of carbonyl (C=O) groups excluding carboxylic acids is 2. The van der Waals surface area contributed by atoms with Crippen LogP contribution >= 0.6 is 0 Å². The van der Waals surface area contributed by atoms with Crippen molar-refractivity contribution in [2.24, 2.45) is 29.1 Å². The number of halogens is 3. The molecule has 9 heteroatoms. The molecule has 1 aromatic rings. The number of benzene rings is 1. The van der Waals surface area contributed by atoms with Gasteiger partial charge in [-0.25, -0.2) is 0 Å². The van der Waals surface area contributed by atoms with Crippen molar-refractivity contribution < 1.29 is 35.4 Å². The lowest BCUT2D eigenvalue weighted by molar-refractivity contribution is -0.132. The average molecular weight is 497 g/mol. The van der Waals surface area contributed by atoms with Crippen LogP contribution in [0.3, 0.4) is 0 Å². The Hall–Kier alpha value is -2.16. The van der Waals surface area contributed by atoms with E-state index in [0.717, 1.165) is 31.2 Å². The second-order valence-corrected chi connectivity index (χ2v) is 12.0. The largest absolute Gasteiger partial charge is 0.534 e. The van der Waals surface area contributed by atoms with Crippen LogP contribution in [0.5, 0.6) is 5.75 Å². The first-order valence-electron chi connectivity index (χ1n) is 11.8. The van der Waals surface area contributed by atoms with Gasteiger partial charge in [-0.15, -0.1) is 0 Å². The fourth-order valence-corrected chi connectivity index (χ4v) is 7.82. The van der Waals surface area contributed by atoms with E-state index in [-0.39, 0.29) is 29.3 Å². The van der Waals surface area contributed by atoms with Gasteiger partial charge in [0.05, 0.1) is 0 Å². The molecule has 184 valence electrons. The Bertz CT molecular complexity index is 1150. The molecule has 0 bridgehead atoms. The van der Waals surface area contributed by atoms with Crippen LogP contribution in [-0.2, 0) is 19.7 Å². The summed E-state index contributed by atoms with van der Waals surface area (Å²) >= 11 is 0. The Morgan fingerprint density at radius 1 is 0.971 bits per heavy atom. The van der Waals surface area contributed by atoms with E-state index in [1.165, 1.54) is 17.7 Å². The molecule has 4 aliphatic rings. The molecule has 0 radical (unpaired) electrons. The van der Waals surface area contributed by atoms with Gasteiger partial charge >= 0.3 is 15.6 Å². The second kappa shape index (κ2) is 7.93. The smallest absolute Gasteiger partial charge is 0.376 e.